The number of aromatic nitrogens is 3. The van der Waals surface area contributed by atoms with E-state index in [0.717, 1.165) is 21.2 Å². The highest BCUT2D eigenvalue weighted by molar-refractivity contribution is 9.10. The lowest BCUT2D eigenvalue weighted by atomic mass is 10.0. The van der Waals surface area contributed by atoms with Crippen molar-refractivity contribution in [2.75, 3.05) is 0 Å². The van der Waals surface area contributed by atoms with Gasteiger partial charge in [0.25, 0.3) is 0 Å². The number of pyridine rings is 1. The molecule has 2 heterocycles. The lowest BCUT2D eigenvalue weighted by Crippen LogP contribution is -1.86. The predicted octanol–water partition coefficient (Wildman–Crippen LogP) is 3.78. The van der Waals surface area contributed by atoms with Crippen LogP contribution in [0.3, 0.4) is 0 Å². The van der Waals surface area contributed by atoms with Crippen LogP contribution in [0.2, 0.25) is 0 Å². The van der Waals surface area contributed by atoms with Crippen molar-refractivity contribution < 1.29 is 0 Å². The van der Waals surface area contributed by atoms with Crippen LogP contribution in [-0.2, 0) is 0 Å². The molecule has 0 bridgehead atoms. The standard InChI is InChI=1S/C14H12BrN3/c1-9-5-10(2)7-11(6-9)14-13-4-3-12(15)8-18(13)17-16-14/h3-8H,1-2H3. The highest BCUT2D eigenvalue weighted by Gasteiger charge is 2.09. The minimum absolute atomic E-state index is 0.925. The molecule has 0 aliphatic heterocycles. The predicted molar refractivity (Wildman–Crippen MR) is 75.6 cm³/mol. The maximum Gasteiger partial charge on any atom is 0.120 e. The first-order valence-corrected chi connectivity index (χ1v) is 6.52. The molecular weight excluding hydrogens is 290 g/mol. The average molecular weight is 302 g/mol. The van der Waals surface area contributed by atoms with Gasteiger partial charge in [-0.05, 0) is 54.0 Å². The van der Waals surface area contributed by atoms with E-state index in [-0.39, 0.29) is 0 Å². The first kappa shape index (κ1) is 11.4. The van der Waals surface area contributed by atoms with Crippen molar-refractivity contribution in [1.82, 2.24) is 14.8 Å². The molecule has 0 spiro atoms. The Morgan fingerprint density at radius 1 is 1.06 bits per heavy atom. The molecule has 0 aliphatic rings. The fourth-order valence-electron chi connectivity index (χ4n) is 2.19. The van der Waals surface area contributed by atoms with Crippen LogP contribution in [0.4, 0.5) is 0 Å². The van der Waals surface area contributed by atoms with E-state index in [1.807, 2.05) is 18.3 Å². The van der Waals surface area contributed by atoms with Crippen molar-refractivity contribution in [3.05, 3.63) is 52.1 Å². The lowest BCUT2D eigenvalue weighted by Gasteiger charge is -2.02. The molecule has 90 valence electrons. The van der Waals surface area contributed by atoms with Crippen molar-refractivity contribution in [2.24, 2.45) is 0 Å². The number of nitrogens with zero attached hydrogens (tertiary/aromatic N) is 3. The highest BCUT2D eigenvalue weighted by atomic mass is 79.9. The minimum atomic E-state index is 0.925. The Kier molecular flexibility index (Phi) is 2.67. The van der Waals surface area contributed by atoms with Crippen molar-refractivity contribution >= 4 is 21.4 Å². The van der Waals surface area contributed by atoms with Gasteiger partial charge < -0.3 is 0 Å². The van der Waals surface area contributed by atoms with E-state index in [9.17, 15) is 0 Å². The molecule has 3 nitrogen and oxygen atoms in total. The van der Waals surface area contributed by atoms with E-state index in [2.05, 4.69) is 58.3 Å². The molecule has 0 amide bonds. The van der Waals surface area contributed by atoms with Crippen molar-refractivity contribution in [1.29, 1.82) is 0 Å². The fraction of sp³-hybridized carbons (Fsp3) is 0.143. The number of rotatable bonds is 1. The molecule has 2 aromatic heterocycles. The Morgan fingerprint density at radius 3 is 2.50 bits per heavy atom. The topological polar surface area (TPSA) is 30.2 Å². The van der Waals surface area contributed by atoms with Gasteiger partial charge in [0.05, 0.1) is 5.52 Å². The summed E-state index contributed by atoms with van der Waals surface area (Å²) in [6, 6.07) is 10.5. The number of fused-ring (bicyclic) bond motifs is 1. The summed E-state index contributed by atoms with van der Waals surface area (Å²) < 4.78 is 2.78. The molecule has 0 saturated carbocycles. The summed E-state index contributed by atoms with van der Waals surface area (Å²) >= 11 is 3.43. The largest absolute Gasteiger partial charge is 0.219 e. The second kappa shape index (κ2) is 4.21. The minimum Gasteiger partial charge on any atom is -0.219 e. The van der Waals surface area contributed by atoms with Crippen LogP contribution in [0, 0.1) is 13.8 Å². The van der Waals surface area contributed by atoms with E-state index in [1.54, 1.807) is 4.52 Å². The van der Waals surface area contributed by atoms with Gasteiger partial charge in [0.15, 0.2) is 0 Å². The summed E-state index contributed by atoms with van der Waals surface area (Å²) in [5.41, 5.74) is 5.54. The third-order valence-corrected chi connectivity index (χ3v) is 3.34. The molecule has 0 saturated heterocycles. The van der Waals surface area contributed by atoms with Crippen LogP contribution in [-0.4, -0.2) is 14.8 Å². The van der Waals surface area contributed by atoms with Crippen LogP contribution in [0.15, 0.2) is 41.0 Å². The maximum atomic E-state index is 4.28. The van der Waals surface area contributed by atoms with Crippen molar-refractivity contribution in [2.45, 2.75) is 13.8 Å². The Labute approximate surface area is 114 Å². The van der Waals surface area contributed by atoms with E-state index in [1.165, 1.54) is 11.1 Å². The molecule has 1 aromatic carbocycles. The fourth-order valence-corrected chi connectivity index (χ4v) is 2.51. The number of benzene rings is 1. The zero-order valence-electron chi connectivity index (χ0n) is 10.2. The van der Waals surface area contributed by atoms with Gasteiger partial charge in [0, 0.05) is 16.2 Å². The van der Waals surface area contributed by atoms with Crippen LogP contribution in [0.5, 0.6) is 0 Å². The number of hydrogen-bond acceptors (Lipinski definition) is 2. The molecule has 3 aromatic rings. The Hall–Kier alpha value is -1.68. The van der Waals surface area contributed by atoms with E-state index in [0.29, 0.717) is 0 Å². The van der Waals surface area contributed by atoms with Crippen LogP contribution in [0.1, 0.15) is 11.1 Å². The third kappa shape index (κ3) is 1.93. The normalized spacial score (nSPS) is 11.1. The van der Waals surface area contributed by atoms with Gasteiger partial charge in [-0.3, -0.25) is 0 Å². The number of hydrogen-bond donors (Lipinski definition) is 0. The molecule has 0 fully saturated rings. The zero-order valence-corrected chi connectivity index (χ0v) is 11.8. The molecule has 4 heteroatoms. The average Bonchev–Trinajstić information content (AvgIpc) is 2.70. The van der Waals surface area contributed by atoms with Gasteiger partial charge in [0.2, 0.25) is 0 Å². The summed E-state index contributed by atoms with van der Waals surface area (Å²) in [6.45, 7) is 4.19. The van der Waals surface area contributed by atoms with Gasteiger partial charge in [0.1, 0.15) is 5.69 Å². The summed E-state index contributed by atoms with van der Waals surface area (Å²) in [7, 11) is 0. The molecular formula is C14H12BrN3. The van der Waals surface area contributed by atoms with E-state index >= 15 is 0 Å². The van der Waals surface area contributed by atoms with E-state index < -0.39 is 0 Å². The van der Waals surface area contributed by atoms with Gasteiger partial charge in [-0.15, -0.1) is 5.10 Å². The summed E-state index contributed by atoms with van der Waals surface area (Å²) in [5.74, 6) is 0. The Morgan fingerprint density at radius 2 is 1.78 bits per heavy atom. The number of halogens is 1. The van der Waals surface area contributed by atoms with Crippen molar-refractivity contribution in [3.63, 3.8) is 0 Å². The molecule has 3 rings (SSSR count). The first-order valence-electron chi connectivity index (χ1n) is 5.73. The molecule has 18 heavy (non-hydrogen) atoms. The third-order valence-electron chi connectivity index (χ3n) is 2.87. The Bertz CT molecular complexity index is 711. The van der Waals surface area contributed by atoms with Crippen LogP contribution >= 0.6 is 15.9 Å². The van der Waals surface area contributed by atoms with Gasteiger partial charge >= 0.3 is 0 Å². The number of aryl methyl sites for hydroxylation is 2. The second-order valence-electron chi connectivity index (χ2n) is 4.49. The molecule has 0 unspecified atom stereocenters. The molecule has 0 atom stereocenters. The summed E-state index contributed by atoms with van der Waals surface area (Å²) in [4.78, 5) is 0. The summed E-state index contributed by atoms with van der Waals surface area (Å²) in [6.07, 6.45) is 1.91. The Balaban J connectivity index is 2.25. The maximum absolute atomic E-state index is 4.28. The van der Waals surface area contributed by atoms with Gasteiger partial charge in [-0.1, -0.05) is 22.4 Å². The quantitative estimate of drug-likeness (QED) is 0.685. The summed E-state index contributed by atoms with van der Waals surface area (Å²) in [5, 5.41) is 8.43. The monoisotopic (exact) mass is 301 g/mol. The first-order chi connectivity index (χ1) is 8.63. The highest BCUT2D eigenvalue weighted by Crippen LogP contribution is 2.25. The lowest BCUT2D eigenvalue weighted by molar-refractivity contribution is 0.854. The van der Waals surface area contributed by atoms with Crippen molar-refractivity contribution in [3.8, 4) is 11.3 Å². The van der Waals surface area contributed by atoms with E-state index in [4.69, 9.17) is 0 Å². The zero-order chi connectivity index (χ0) is 12.7. The SMILES string of the molecule is Cc1cc(C)cc(-c2nnn3cc(Br)ccc23)c1. The molecule has 0 N–H and O–H groups in total. The van der Waals surface area contributed by atoms with Crippen LogP contribution < -0.4 is 0 Å². The second-order valence-corrected chi connectivity index (χ2v) is 5.41. The van der Waals surface area contributed by atoms with Gasteiger partial charge in [-0.25, -0.2) is 4.52 Å². The molecule has 0 aliphatic carbocycles. The van der Waals surface area contributed by atoms with Crippen LogP contribution in [0.25, 0.3) is 16.8 Å². The smallest absolute Gasteiger partial charge is 0.120 e. The van der Waals surface area contributed by atoms with Gasteiger partial charge in [-0.2, -0.15) is 0 Å². The molecule has 0 radical (unpaired) electrons.